The standard InChI is InChI=1S/C16H15F2N5OS2/c1-9-7-10(2)23-15(19-9)21-16(22-23)25-8-13(24)20-11-5-3-4-6-12(11)26-14(17)18/h3-7,14H,8H2,1-2H3,(H,20,24). The normalized spacial score (nSPS) is 11.3. The van der Waals surface area contributed by atoms with Crippen LogP contribution in [-0.2, 0) is 4.79 Å². The first-order chi connectivity index (χ1) is 12.4. The van der Waals surface area contributed by atoms with Gasteiger partial charge >= 0.3 is 0 Å². The van der Waals surface area contributed by atoms with Gasteiger partial charge in [0.15, 0.2) is 0 Å². The minimum atomic E-state index is -2.55. The van der Waals surface area contributed by atoms with E-state index >= 15 is 0 Å². The lowest BCUT2D eigenvalue weighted by Crippen LogP contribution is -2.14. The summed E-state index contributed by atoms with van der Waals surface area (Å²) in [6, 6.07) is 8.35. The van der Waals surface area contributed by atoms with Crippen molar-refractivity contribution in [3.05, 3.63) is 41.7 Å². The number of anilines is 1. The zero-order chi connectivity index (χ0) is 18.7. The van der Waals surface area contributed by atoms with Crippen molar-refractivity contribution in [1.82, 2.24) is 19.6 Å². The number of fused-ring (bicyclic) bond motifs is 1. The lowest BCUT2D eigenvalue weighted by molar-refractivity contribution is -0.113. The summed E-state index contributed by atoms with van der Waals surface area (Å²) in [5, 5.41) is 7.39. The molecule has 136 valence electrons. The maximum absolute atomic E-state index is 12.6. The van der Waals surface area contributed by atoms with Crippen molar-refractivity contribution in [2.24, 2.45) is 0 Å². The Kier molecular flexibility index (Phi) is 5.72. The fourth-order valence-corrected chi connectivity index (χ4v) is 3.51. The number of nitrogens with zero attached hydrogens (tertiary/aromatic N) is 4. The topological polar surface area (TPSA) is 72.2 Å². The Hall–Kier alpha value is -2.20. The quantitative estimate of drug-likeness (QED) is 0.641. The van der Waals surface area contributed by atoms with Crippen LogP contribution in [0.1, 0.15) is 11.4 Å². The molecule has 0 atom stereocenters. The lowest BCUT2D eigenvalue weighted by atomic mass is 10.3. The van der Waals surface area contributed by atoms with Crippen LogP contribution < -0.4 is 5.32 Å². The van der Waals surface area contributed by atoms with Gasteiger partial charge in [0, 0.05) is 16.3 Å². The molecule has 10 heteroatoms. The van der Waals surface area contributed by atoms with Crippen LogP contribution in [0.4, 0.5) is 14.5 Å². The van der Waals surface area contributed by atoms with E-state index < -0.39 is 5.76 Å². The average molecular weight is 395 g/mol. The molecule has 2 heterocycles. The van der Waals surface area contributed by atoms with Crippen molar-refractivity contribution in [3.63, 3.8) is 0 Å². The molecule has 3 aromatic rings. The summed E-state index contributed by atoms with van der Waals surface area (Å²) in [5.74, 6) is -2.34. The summed E-state index contributed by atoms with van der Waals surface area (Å²) in [6.07, 6.45) is 0. The molecule has 0 spiro atoms. The number of aromatic nitrogens is 4. The molecular formula is C16H15F2N5OS2. The van der Waals surface area contributed by atoms with E-state index in [0.717, 1.165) is 23.1 Å². The number of aryl methyl sites for hydroxylation is 2. The number of alkyl halides is 2. The monoisotopic (exact) mass is 395 g/mol. The molecule has 0 saturated carbocycles. The fraction of sp³-hybridized carbons (Fsp3) is 0.250. The summed E-state index contributed by atoms with van der Waals surface area (Å²) in [4.78, 5) is 21.1. The first kappa shape index (κ1) is 18.6. The van der Waals surface area contributed by atoms with Gasteiger partial charge in [0.05, 0.1) is 11.4 Å². The number of para-hydroxylation sites is 1. The number of benzene rings is 1. The molecule has 0 aliphatic rings. The highest BCUT2D eigenvalue weighted by molar-refractivity contribution is 8.00. The first-order valence-corrected chi connectivity index (χ1v) is 9.46. The summed E-state index contributed by atoms with van der Waals surface area (Å²) >= 11 is 1.55. The second-order valence-electron chi connectivity index (χ2n) is 5.36. The second-order valence-corrected chi connectivity index (χ2v) is 7.33. The predicted octanol–water partition coefficient (Wildman–Crippen LogP) is 3.79. The molecule has 6 nitrogen and oxygen atoms in total. The SMILES string of the molecule is Cc1cc(C)n2nc(SCC(=O)Nc3ccccc3SC(F)F)nc2n1. The summed E-state index contributed by atoms with van der Waals surface area (Å²) in [5.41, 5.74) is 2.10. The average Bonchev–Trinajstić information content (AvgIpc) is 2.97. The Balaban J connectivity index is 1.66. The van der Waals surface area contributed by atoms with Gasteiger partial charge in [-0.2, -0.15) is 13.8 Å². The Bertz CT molecular complexity index is 948. The van der Waals surface area contributed by atoms with Crippen LogP contribution in [0.25, 0.3) is 5.78 Å². The predicted molar refractivity (Wildman–Crippen MR) is 97.9 cm³/mol. The maximum atomic E-state index is 12.6. The van der Waals surface area contributed by atoms with Crippen LogP contribution in [-0.4, -0.2) is 37.0 Å². The Morgan fingerprint density at radius 1 is 1.27 bits per heavy atom. The molecule has 0 radical (unpaired) electrons. The van der Waals surface area contributed by atoms with Gasteiger partial charge in [-0.3, -0.25) is 4.79 Å². The van der Waals surface area contributed by atoms with Crippen molar-refractivity contribution in [3.8, 4) is 0 Å². The molecule has 0 aliphatic carbocycles. The highest BCUT2D eigenvalue weighted by atomic mass is 32.2. The minimum Gasteiger partial charge on any atom is -0.324 e. The van der Waals surface area contributed by atoms with Crippen molar-refractivity contribution in [2.75, 3.05) is 11.1 Å². The third-order valence-electron chi connectivity index (χ3n) is 3.31. The van der Waals surface area contributed by atoms with Gasteiger partial charge in [-0.1, -0.05) is 35.7 Å². The Morgan fingerprint density at radius 2 is 2.04 bits per heavy atom. The zero-order valence-electron chi connectivity index (χ0n) is 13.9. The van der Waals surface area contributed by atoms with E-state index in [4.69, 9.17) is 0 Å². The third kappa shape index (κ3) is 4.50. The number of amides is 1. The molecule has 3 rings (SSSR count). The van der Waals surface area contributed by atoms with E-state index in [1.54, 1.807) is 28.8 Å². The van der Waals surface area contributed by atoms with Crippen LogP contribution in [0.5, 0.6) is 0 Å². The van der Waals surface area contributed by atoms with Gasteiger partial charge in [-0.05, 0) is 32.0 Å². The van der Waals surface area contributed by atoms with E-state index in [2.05, 4.69) is 20.4 Å². The second kappa shape index (κ2) is 8.00. The Morgan fingerprint density at radius 3 is 2.81 bits per heavy atom. The number of rotatable bonds is 6. The number of halogens is 2. The van der Waals surface area contributed by atoms with Crippen molar-refractivity contribution in [1.29, 1.82) is 0 Å². The van der Waals surface area contributed by atoms with Crippen molar-refractivity contribution in [2.45, 2.75) is 29.7 Å². The summed E-state index contributed by atoms with van der Waals surface area (Å²) < 4.78 is 26.8. The van der Waals surface area contributed by atoms with Crippen molar-refractivity contribution >= 4 is 40.9 Å². The van der Waals surface area contributed by atoms with E-state index in [0.29, 0.717) is 33.3 Å². The van der Waals surface area contributed by atoms with Crippen LogP contribution in [0, 0.1) is 13.8 Å². The van der Waals surface area contributed by atoms with E-state index in [1.807, 2.05) is 19.9 Å². The summed E-state index contributed by atoms with van der Waals surface area (Å²) in [6.45, 7) is 3.77. The molecule has 0 aliphatic heterocycles. The molecule has 0 unspecified atom stereocenters. The minimum absolute atomic E-state index is 0.0581. The van der Waals surface area contributed by atoms with Gasteiger partial charge in [-0.25, -0.2) is 9.50 Å². The van der Waals surface area contributed by atoms with Crippen LogP contribution in [0.2, 0.25) is 0 Å². The third-order valence-corrected chi connectivity index (χ3v) is 4.93. The number of hydrogen-bond donors (Lipinski definition) is 1. The van der Waals surface area contributed by atoms with Crippen LogP contribution >= 0.6 is 23.5 Å². The molecule has 1 N–H and O–H groups in total. The largest absolute Gasteiger partial charge is 0.324 e. The van der Waals surface area contributed by atoms with E-state index in [-0.39, 0.29) is 11.7 Å². The Labute approximate surface area is 156 Å². The first-order valence-electron chi connectivity index (χ1n) is 7.60. The highest BCUT2D eigenvalue weighted by Gasteiger charge is 2.14. The summed E-state index contributed by atoms with van der Waals surface area (Å²) in [7, 11) is 0. The molecule has 1 amide bonds. The van der Waals surface area contributed by atoms with Gasteiger partial charge in [0.1, 0.15) is 0 Å². The number of carbonyl (C=O) groups is 1. The number of nitrogens with one attached hydrogen (secondary N) is 1. The molecule has 2 aromatic heterocycles. The molecule has 1 aromatic carbocycles. The molecular weight excluding hydrogens is 380 g/mol. The molecule has 0 bridgehead atoms. The van der Waals surface area contributed by atoms with Gasteiger partial charge < -0.3 is 5.32 Å². The fourth-order valence-electron chi connectivity index (χ4n) is 2.29. The molecule has 0 fully saturated rings. The molecule has 26 heavy (non-hydrogen) atoms. The van der Waals surface area contributed by atoms with Gasteiger partial charge in [0.25, 0.3) is 11.5 Å². The number of carbonyl (C=O) groups excluding carboxylic acids is 1. The van der Waals surface area contributed by atoms with Crippen LogP contribution in [0.3, 0.4) is 0 Å². The highest BCUT2D eigenvalue weighted by Crippen LogP contribution is 2.31. The van der Waals surface area contributed by atoms with E-state index in [9.17, 15) is 13.6 Å². The lowest BCUT2D eigenvalue weighted by Gasteiger charge is -2.09. The maximum Gasteiger partial charge on any atom is 0.288 e. The van der Waals surface area contributed by atoms with E-state index in [1.165, 1.54) is 0 Å². The van der Waals surface area contributed by atoms with Crippen LogP contribution in [0.15, 0.2) is 40.4 Å². The molecule has 0 saturated heterocycles. The number of thioether (sulfide) groups is 2. The van der Waals surface area contributed by atoms with Gasteiger partial charge in [-0.15, -0.1) is 5.10 Å². The van der Waals surface area contributed by atoms with Crippen molar-refractivity contribution < 1.29 is 13.6 Å². The smallest absolute Gasteiger partial charge is 0.288 e. The van der Waals surface area contributed by atoms with Gasteiger partial charge in [0.2, 0.25) is 11.1 Å². The zero-order valence-corrected chi connectivity index (χ0v) is 15.6. The number of hydrogen-bond acceptors (Lipinski definition) is 6.